The number of amides is 1. The number of carbonyl (C=O) groups excluding carboxylic acids is 1. The van der Waals surface area contributed by atoms with E-state index in [1.807, 2.05) is 59.0 Å². The van der Waals surface area contributed by atoms with Gasteiger partial charge in [-0.2, -0.15) is 0 Å². The molecule has 1 saturated heterocycles. The summed E-state index contributed by atoms with van der Waals surface area (Å²) in [5, 5.41) is 9.12. The van der Waals surface area contributed by atoms with Crippen molar-refractivity contribution in [2.24, 2.45) is 7.05 Å². The van der Waals surface area contributed by atoms with Crippen LogP contribution in [0.15, 0.2) is 60.0 Å². The van der Waals surface area contributed by atoms with Crippen LogP contribution in [0.1, 0.15) is 30.1 Å². The Balaban J connectivity index is 1.63. The SMILES string of the molecule is Cn1c(S[C@H](C(=O)N2CCCCC2)c2ccccc2)nnc1-c1ccncc1. The minimum Gasteiger partial charge on any atom is -0.341 e. The number of rotatable bonds is 5. The monoisotopic (exact) mass is 393 g/mol. The maximum Gasteiger partial charge on any atom is 0.240 e. The number of carbonyl (C=O) groups is 1. The molecule has 1 amide bonds. The highest BCUT2D eigenvalue weighted by atomic mass is 32.2. The minimum absolute atomic E-state index is 0.157. The van der Waals surface area contributed by atoms with E-state index in [0.29, 0.717) is 0 Å². The van der Waals surface area contributed by atoms with Crippen molar-refractivity contribution < 1.29 is 4.79 Å². The topological polar surface area (TPSA) is 63.9 Å². The Bertz CT molecular complexity index is 922. The molecular weight excluding hydrogens is 370 g/mol. The molecule has 0 N–H and O–H groups in total. The molecule has 28 heavy (non-hydrogen) atoms. The van der Waals surface area contributed by atoms with E-state index in [9.17, 15) is 4.79 Å². The summed E-state index contributed by atoms with van der Waals surface area (Å²) in [4.78, 5) is 19.4. The summed E-state index contributed by atoms with van der Waals surface area (Å²) >= 11 is 1.47. The van der Waals surface area contributed by atoms with Gasteiger partial charge in [-0.15, -0.1) is 10.2 Å². The lowest BCUT2D eigenvalue weighted by Gasteiger charge is -2.30. The molecule has 0 aliphatic carbocycles. The maximum absolute atomic E-state index is 13.3. The third-order valence-corrected chi connectivity index (χ3v) is 6.27. The normalized spacial score (nSPS) is 15.4. The highest BCUT2D eigenvalue weighted by Gasteiger charge is 2.29. The van der Waals surface area contributed by atoms with Crippen LogP contribution in [0, 0.1) is 0 Å². The van der Waals surface area contributed by atoms with Crippen LogP contribution in [-0.2, 0) is 11.8 Å². The molecule has 1 aliphatic heterocycles. The summed E-state index contributed by atoms with van der Waals surface area (Å²) in [6, 6.07) is 13.8. The first kappa shape index (κ1) is 18.7. The van der Waals surface area contributed by atoms with Crippen molar-refractivity contribution >= 4 is 17.7 Å². The van der Waals surface area contributed by atoms with Gasteiger partial charge in [-0.1, -0.05) is 42.1 Å². The zero-order valence-electron chi connectivity index (χ0n) is 15.9. The Morgan fingerprint density at radius 1 is 1.00 bits per heavy atom. The van der Waals surface area contributed by atoms with Crippen molar-refractivity contribution in [3.63, 3.8) is 0 Å². The Morgan fingerprint density at radius 3 is 2.43 bits per heavy atom. The van der Waals surface area contributed by atoms with Crippen molar-refractivity contribution in [3.8, 4) is 11.4 Å². The molecule has 1 fully saturated rings. The van der Waals surface area contributed by atoms with Gasteiger partial charge < -0.3 is 9.47 Å². The summed E-state index contributed by atoms with van der Waals surface area (Å²) in [6.45, 7) is 1.67. The average molecular weight is 394 g/mol. The minimum atomic E-state index is -0.326. The second-order valence-electron chi connectivity index (χ2n) is 6.90. The Kier molecular flexibility index (Phi) is 5.71. The molecule has 2 aromatic heterocycles. The van der Waals surface area contributed by atoms with E-state index in [1.165, 1.54) is 18.2 Å². The van der Waals surface area contributed by atoms with Crippen molar-refractivity contribution in [2.45, 2.75) is 29.7 Å². The Hall–Kier alpha value is -2.67. The van der Waals surface area contributed by atoms with E-state index in [-0.39, 0.29) is 11.2 Å². The van der Waals surface area contributed by atoms with Gasteiger partial charge in [-0.05, 0) is 37.0 Å². The molecule has 0 unspecified atom stereocenters. The van der Waals surface area contributed by atoms with E-state index >= 15 is 0 Å². The van der Waals surface area contributed by atoms with Gasteiger partial charge in [0, 0.05) is 38.1 Å². The van der Waals surface area contributed by atoms with Gasteiger partial charge in [-0.25, -0.2) is 0 Å². The second-order valence-corrected chi connectivity index (χ2v) is 7.97. The summed E-state index contributed by atoms with van der Waals surface area (Å²) in [5.74, 6) is 0.923. The highest BCUT2D eigenvalue weighted by molar-refractivity contribution is 8.00. The van der Waals surface area contributed by atoms with Gasteiger partial charge in [0.1, 0.15) is 5.25 Å². The van der Waals surface area contributed by atoms with Crippen LogP contribution in [0.25, 0.3) is 11.4 Å². The van der Waals surface area contributed by atoms with Crippen molar-refractivity contribution in [2.75, 3.05) is 13.1 Å². The molecule has 1 aliphatic rings. The van der Waals surface area contributed by atoms with Crippen LogP contribution in [0.2, 0.25) is 0 Å². The average Bonchev–Trinajstić information content (AvgIpc) is 3.13. The van der Waals surface area contributed by atoms with Gasteiger partial charge in [0.15, 0.2) is 11.0 Å². The van der Waals surface area contributed by atoms with Crippen molar-refractivity contribution in [1.82, 2.24) is 24.6 Å². The maximum atomic E-state index is 13.3. The molecule has 3 aromatic rings. The lowest BCUT2D eigenvalue weighted by atomic mass is 10.1. The second kappa shape index (κ2) is 8.56. The van der Waals surface area contributed by atoms with Crippen LogP contribution in [0.4, 0.5) is 0 Å². The summed E-state index contributed by atoms with van der Waals surface area (Å²) in [5.41, 5.74) is 1.95. The van der Waals surface area contributed by atoms with E-state index in [0.717, 1.165) is 48.0 Å². The van der Waals surface area contributed by atoms with Crippen LogP contribution < -0.4 is 0 Å². The van der Waals surface area contributed by atoms with Crippen LogP contribution >= 0.6 is 11.8 Å². The molecule has 0 saturated carbocycles. The number of aromatic nitrogens is 4. The zero-order chi connectivity index (χ0) is 19.3. The Labute approximate surface area is 169 Å². The predicted octanol–water partition coefficient (Wildman–Crippen LogP) is 3.72. The largest absolute Gasteiger partial charge is 0.341 e. The quantitative estimate of drug-likeness (QED) is 0.618. The fraction of sp³-hybridized carbons (Fsp3) is 0.333. The first-order chi connectivity index (χ1) is 13.7. The van der Waals surface area contributed by atoms with E-state index in [1.54, 1.807) is 12.4 Å². The Morgan fingerprint density at radius 2 is 1.71 bits per heavy atom. The molecule has 144 valence electrons. The molecule has 3 heterocycles. The summed E-state index contributed by atoms with van der Waals surface area (Å²) in [7, 11) is 1.94. The van der Waals surface area contributed by atoms with E-state index < -0.39 is 0 Å². The van der Waals surface area contributed by atoms with E-state index in [2.05, 4.69) is 15.2 Å². The standard InChI is InChI=1S/C21H23N5OS/c1-25-19(17-10-12-22-13-11-17)23-24-21(25)28-18(16-8-4-2-5-9-16)20(27)26-14-6-3-7-15-26/h2,4-5,8-13,18H,3,6-7,14-15H2,1H3/t18-/m0/s1. The fourth-order valence-electron chi connectivity index (χ4n) is 3.44. The van der Waals surface area contributed by atoms with Crippen molar-refractivity contribution in [3.05, 3.63) is 60.4 Å². The van der Waals surface area contributed by atoms with Gasteiger partial charge >= 0.3 is 0 Å². The number of hydrogen-bond acceptors (Lipinski definition) is 5. The molecule has 1 aromatic carbocycles. The molecule has 7 heteroatoms. The summed E-state index contributed by atoms with van der Waals surface area (Å²) < 4.78 is 1.94. The van der Waals surface area contributed by atoms with Gasteiger partial charge in [0.2, 0.25) is 5.91 Å². The molecule has 4 rings (SSSR count). The first-order valence-corrected chi connectivity index (χ1v) is 10.4. The number of hydrogen-bond donors (Lipinski definition) is 0. The number of likely N-dealkylation sites (tertiary alicyclic amines) is 1. The molecule has 0 spiro atoms. The molecule has 1 atom stereocenters. The molecular formula is C21H23N5OS. The lowest BCUT2D eigenvalue weighted by molar-refractivity contribution is -0.131. The lowest BCUT2D eigenvalue weighted by Crippen LogP contribution is -2.38. The fourth-order valence-corrected chi connectivity index (χ4v) is 4.53. The smallest absolute Gasteiger partial charge is 0.240 e. The number of thioether (sulfide) groups is 1. The van der Waals surface area contributed by atoms with Crippen molar-refractivity contribution in [1.29, 1.82) is 0 Å². The van der Waals surface area contributed by atoms with Gasteiger partial charge in [0.25, 0.3) is 0 Å². The van der Waals surface area contributed by atoms with Crippen LogP contribution in [-0.4, -0.2) is 43.6 Å². The number of nitrogens with zero attached hydrogens (tertiary/aromatic N) is 5. The van der Waals surface area contributed by atoms with Gasteiger partial charge in [-0.3, -0.25) is 9.78 Å². The number of piperidine rings is 1. The number of benzene rings is 1. The highest BCUT2D eigenvalue weighted by Crippen LogP contribution is 2.37. The predicted molar refractivity (Wildman–Crippen MR) is 110 cm³/mol. The number of pyridine rings is 1. The summed E-state index contributed by atoms with van der Waals surface area (Å²) in [6.07, 6.45) is 6.83. The van der Waals surface area contributed by atoms with Crippen LogP contribution in [0.5, 0.6) is 0 Å². The van der Waals surface area contributed by atoms with Gasteiger partial charge in [0.05, 0.1) is 0 Å². The third-order valence-electron chi connectivity index (χ3n) is 4.99. The first-order valence-electron chi connectivity index (χ1n) is 9.54. The molecule has 6 nitrogen and oxygen atoms in total. The van der Waals surface area contributed by atoms with E-state index in [4.69, 9.17) is 0 Å². The zero-order valence-corrected chi connectivity index (χ0v) is 16.7. The third kappa shape index (κ3) is 3.94. The van der Waals surface area contributed by atoms with Crippen LogP contribution in [0.3, 0.4) is 0 Å². The molecule has 0 radical (unpaired) electrons. The molecule has 0 bridgehead atoms.